The monoisotopic (exact) mass is 360 g/mol. The predicted molar refractivity (Wildman–Crippen MR) is 101 cm³/mol. The molecule has 2 rings (SSSR count). The van der Waals surface area contributed by atoms with E-state index in [1.165, 1.54) is 6.42 Å². The molecule has 0 radical (unpaired) electrons. The van der Waals surface area contributed by atoms with E-state index in [0.717, 1.165) is 25.9 Å². The van der Waals surface area contributed by atoms with Crippen molar-refractivity contribution in [2.75, 3.05) is 25.0 Å². The van der Waals surface area contributed by atoms with Crippen molar-refractivity contribution >= 4 is 23.5 Å². The van der Waals surface area contributed by atoms with Crippen molar-refractivity contribution in [1.29, 1.82) is 0 Å². The Kier molecular flexibility index (Phi) is 7.44. The highest BCUT2D eigenvalue weighted by Crippen LogP contribution is 2.16. The molecule has 1 fully saturated rings. The number of benzene rings is 1. The van der Waals surface area contributed by atoms with Crippen molar-refractivity contribution in [2.45, 2.75) is 45.6 Å². The molecule has 0 aromatic heterocycles. The van der Waals surface area contributed by atoms with Crippen LogP contribution in [0.25, 0.3) is 0 Å². The molecular weight excluding hydrogens is 332 g/mol. The molecule has 1 aromatic carbocycles. The van der Waals surface area contributed by atoms with E-state index in [4.69, 9.17) is 0 Å². The topological polar surface area (TPSA) is 90.5 Å². The van der Waals surface area contributed by atoms with Crippen LogP contribution in [0.1, 0.15) is 49.9 Å². The van der Waals surface area contributed by atoms with E-state index in [0.29, 0.717) is 11.3 Å². The highest BCUT2D eigenvalue weighted by Gasteiger charge is 2.18. The van der Waals surface area contributed by atoms with Crippen LogP contribution in [0.4, 0.5) is 10.5 Å². The summed E-state index contributed by atoms with van der Waals surface area (Å²) in [6, 6.07) is 6.61. The zero-order chi connectivity index (χ0) is 18.9. The maximum atomic E-state index is 12.5. The maximum absolute atomic E-state index is 12.5. The molecule has 0 aliphatic carbocycles. The van der Waals surface area contributed by atoms with Crippen LogP contribution in [0, 0.1) is 0 Å². The number of amides is 4. The van der Waals surface area contributed by atoms with Crippen molar-refractivity contribution in [1.82, 2.24) is 15.5 Å². The summed E-state index contributed by atoms with van der Waals surface area (Å²) in [5.74, 6) is -0.103. The molecule has 4 amide bonds. The molecule has 1 heterocycles. The lowest BCUT2D eigenvalue weighted by Crippen LogP contribution is -2.36. The van der Waals surface area contributed by atoms with Crippen LogP contribution in [-0.4, -0.2) is 48.4 Å². The molecular formula is C19H28N4O3. The summed E-state index contributed by atoms with van der Waals surface area (Å²) in [6.07, 6.45) is 3.47. The molecule has 7 nitrogen and oxygen atoms in total. The normalized spacial score (nSPS) is 14.0. The van der Waals surface area contributed by atoms with Crippen molar-refractivity contribution < 1.29 is 14.4 Å². The van der Waals surface area contributed by atoms with Crippen LogP contribution >= 0.6 is 0 Å². The zero-order valence-electron chi connectivity index (χ0n) is 15.5. The largest absolute Gasteiger partial charge is 0.354 e. The summed E-state index contributed by atoms with van der Waals surface area (Å²) in [4.78, 5) is 37.9. The minimum absolute atomic E-state index is 0.000820. The molecule has 1 aliphatic heterocycles. The van der Waals surface area contributed by atoms with E-state index >= 15 is 0 Å². The van der Waals surface area contributed by atoms with E-state index in [1.54, 1.807) is 24.3 Å². The Labute approximate surface area is 154 Å². The molecule has 0 spiro atoms. The van der Waals surface area contributed by atoms with E-state index in [-0.39, 0.29) is 30.8 Å². The summed E-state index contributed by atoms with van der Waals surface area (Å²) < 4.78 is 0. The fraction of sp³-hybridized carbons (Fsp3) is 0.526. The molecule has 26 heavy (non-hydrogen) atoms. The van der Waals surface area contributed by atoms with Gasteiger partial charge in [0.15, 0.2) is 0 Å². The molecule has 7 heteroatoms. The Bertz CT molecular complexity index is 639. The molecule has 142 valence electrons. The first-order valence-electron chi connectivity index (χ1n) is 9.19. The number of carbonyl (C=O) groups is 3. The summed E-state index contributed by atoms with van der Waals surface area (Å²) in [5, 5.41) is 8.11. The summed E-state index contributed by atoms with van der Waals surface area (Å²) in [7, 11) is 0. The molecule has 3 N–H and O–H groups in total. The number of piperidine rings is 1. The molecule has 1 aliphatic rings. The molecule has 0 bridgehead atoms. The fourth-order valence-electron chi connectivity index (χ4n) is 2.87. The number of hydrogen-bond donors (Lipinski definition) is 3. The van der Waals surface area contributed by atoms with E-state index < -0.39 is 6.03 Å². The second-order valence-corrected chi connectivity index (χ2v) is 6.79. The first-order valence-corrected chi connectivity index (χ1v) is 9.19. The molecule has 0 atom stereocenters. The highest BCUT2D eigenvalue weighted by atomic mass is 16.2. The SMILES string of the molecule is CC(C)NC(=O)CCNC(=O)Nc1cccc(C(=O)N2CCCCC2)c1. The third-order valence-corrected chi connectivity index (χ3v) is 4.10. The van der Waals surface area contributed by atoms with Gasteiger partial charge in [0.1, 0.15) is 0 Å². The third kappa shape index (κ3) is 6.38. The Balaban J connectivity index is 1.82. The quantitative estimate of drug-likeness (QED) is 0.727. The van der Waals surface area contributed by atoms with Crippen LogP contribution < -0.4 is 16.0 Å². The smallest absolute Gasteiger partial charge is 0.319 e. The number of hydrogen-bond acceptors (Lipinski definition) is 3. The van der Waals surface area contributed by atoms with Crippen LogP contribution in [0.3, 0.4) is 0 Å². The fourth-order valence-corrected chi connectivity index (χ4v) is 2.87. The summed E-state index contributed by atoms with van der Waals surface area (Å²) >= 11 is 0. The van der Waals surface area contributed by atoms with Gasteiger partial charge in [-0.2, -0.15) is 0 Å². The van der Waals surface area contributed by atoms with Gasteiger partial charge < -0.3 is 20.9 Å². The average molecular weight is 360 g/mol. The van der Waals surface area contributed by atoms with Gasteiger partial charge in [0.25, 0.3) is 5.91 Å². The number of carbonyl (C=O) groups excluding carboxylic acids is 3. The number of rotatable bonds is 6. The molecule has 1 aromatic rings. The predicted octanol–water partition coefficient (Wildman–Crippen LogP) is 2.35. The van der Waals surface area contributed by atoms with Crippen LogP contribution in [-0.2, 0) is 4.79 Å². The van der Waals surface area contributed by atoms with Crippen LogP contribution in [0.2, 0.25) is 0 Å². The molecule has 1 saturated heterocycles. The van der Waals surface area contributed by atoms with E-state index in [9.17, 15) is 14.4 Å². The van der Waals surface area contributed by atoms with Crippen molar-refractivity contribution in [3.05, 3.63) is 29.8 Å². The second-order valence-electron chi connectivity index (χ2n) is 6.79. The summed E-state index contributed by atoms with van der Waals surface area (Å²) in [6.45, 7) is 5.59. The second kappa shape index (κ2) is 9.79. The number of urea groups is 1. The van der Waals surface area contributed by atoms with Crippen molar-refractivity contribution in [2.24, 2.45) is 0 Å². The lowest BCUT2D eigenvalue weighted by atomic mass is 10.1. The average Bonchev–Trinajstić information content (AvgIpc) is 2.61. The lowest BCUT2D eigenvalue weighted by Gasteiger charge is -2.26. The Morgan fingerprint density at radius 3 is 2.54 bits per heavy atom. The van der Waals surface area contributed by atoms with Gasteiger partial charge in [-0.05, 0) is 51.3 Å². The number of likely N-dealkylation sites (tertiary alicyclic amines) is 1. The summed E-state index contributed by atoms with van der Waals surface area (Å²) in [5.41, 5.74) is 1.12. The zero-order valence-corrected chi connectivity index (χ0v) is 15.5. The van der Waals surface area contributed by atoms with E-state index in [1.807, 2.05) is 18.7 Å². The van der Waals surface area contributed by atoms with Gasteiger partial charge in [0.05, 0.1) is 0 Å². The number of nitrogens with zero attached hydrogens (tertiary/aromatic N) is 1. The van der Waals surface area contributed by atoms with Gasteiger partial charge in [0.2, 0.25) is 5.91 Å². The molecule has 0 unspecified atom stereocenters. The van der Waals surface area contributed by atoms with Crippen molar-refractivity contribution in [3.8, 4) is 0 Å². The van der Waals surface area contributed by atoms with Gasteiger partial charge in [0, 0.05) is 43.3 Å². The number of nitrogens with one attached hydrogen (secondary N) is 3. The van der Waals surface area contributed by atoms with Crippen molar-refractivity contribution in [3.63, 3.8) is 0 Å². The number of anilines is 1. The van der Waals surface area contributed by atoms with Gasteiger partial charge in [-0.15, -0.1) is 0 Å². The lowest BCUT2D eigenvalue weighted by molar-refractivity contribution is -0.121. The first-order chi connectivity index (χ1) is 12.5. The van der Waals surface area contributed by atoms with Gasteiger partial charge in [-0.1, -0.05) is 6.07 Å². The minimum atomic E-state index is -0.398. The third-order valence-electron chi connectivity index (χ3n) is 4.10. The Morgan fingerprint density at radius 2 is 1.85 bits per heavy atom. The van der Waals surface area contributed by atoms with E-state index in [2.05, 4.69) is 16.0 Å². The first kappa shape index (κ1) is 19.8. The molecule has 0 saturated carbocycles. The van der Waals surface area contributed by atoms with Crippen LogP contribution in [0.5, 0.6) is 0 Å². The van der Waals surface area contributed by atoms with Gasteiger partial charge in [-0.25, -0.2) is 4.79 Å². The van der Waals surface area contributed by atoms with Crippen LogP contribution in [0.15, 0.2) is 24.3 Å². The maximum Gasteiger partial charge on any atom is 0.319 e. The standard InChI is InChI=1S/C19H28N4O3/c1-14(2)21-17(24)9-10-20-19(26)22-16-8-6-7-15(13-16)18(25)23-11-4-3-5-12-23/h6-8,13-14H,3-5,9-12H2,1-2H3,(H,21,24)(H2,20,22,26). The highest BCUT2D eigenvalue weighted by molar-refractivity contribution is 5.97. The Hall–Kier alpha value is -2.57. The van der Waals surface area contributed by atoms with Gasteiger partial charge >= 0.3 is 6.03 Å². The Morgan fingerprint density at radius 1 is 1.12 bits per heavy atom. The minimum Gasteiger partial charge on any atom is -0.354 e. The van der Waals surface area contributed by atoms with Gasteiger partial charge in [-0.3, -0.25) is 9.59 Å².